The van der Waals surface area contributed by atoms with E-state index in [0.29, 0.717) is 31.0 Å². The van der Waals surface area contributed by atoms with Crippen molar-refractivity contribution >= 4 is 11.9 Å². The van der Waals surface area contributed by atoms with Crippen molar-refractivity contribution in [2.75, 3.05) is 6.54 Å². The number of fused-ring (bicyclic) bond motifs is 1. The van der Waals surface area contributed by atoms with Crippen LogP contribution in [-0.4, -0.2) is 54.0 Å². The summed E-state index contributed by atoms with van der Waals surface area (Å²) in [5.74, 6) is 0.256. The zero-order chi connectivity index (χ0) is 25.2. The number of hydrogen-bond donors (Lipinski definition) is 3. The summed E-state index contributed by atoms with van der Waals surface area (Å²) in [6, 6.07) is 15.1. The number of benzene rings is 2. The molecule has 0 radical (unpaired) electrons. The summed E-state index contributed by atoms with van der Waals surface area (Å²) in [6.45, 7) is 4.41. The molecule has 5 rings (SSSR count). The number of rotatable bonds is 7. The first-order valence-corrected chi connectivity index (χ1v) is 12.0. The Morgan fingerprint density at radius 3 is 2.53 bits per heavy atom. The van der Waals surface area contributed by atoms with Crippen molar-refractivity contribution in [2.45, 2.75) is 45.7 Å². The summed E-state index contributed by atoms with van der Waals surface area (Å²) >= 11 is 0. The summed E-state index contributed by atoms with van der Waals surface area (Å²) in [6.07, 6.45) is 2.31. The van der Waals surface area contributed by atoms with Crippen molar-refractivity contribution in [3.05, 3.63) is 71.3 Å². The van der Waals surface area contributed by atoms with Crippen LogP contribution in [-0.2, 0) is 29.0 Å². The quantitative estimate of drug-likeness (QED) is 0.344. The Hall–Kier alpha value is -4.34. The number of amides is 1. The minimum absolute atomic E-state index is 0.234. The first kappa shape index (κ1) is 23.4. The smallest absolute Gasteiger partial charge is 0.335 e. The first-order valence-electron chi connectivity index (χ1n) is 12.0. The number of imidazole rings is 1. The van der Waals surface area contributed by atoms with Gasteiger partial charge in [0.1, 0.15) is 12.2 Å². The van der Waals surface area contributed by atoms with Gasteiger partial charge in [-0.25, -0.2) is 14.3 Å². The fourth-order valence-corrected chi connectivity index (χ4v) is 5.01. The fourth-order valence-electron chi connectivity index (χ4n) is 5.01. The third kappa shape index (κ3) is 4.26. The zero-order valence-electron chi connectivity index (χ0n) is 20.2. The molecule has 0 fully saturated rings. The molecule has 1 aliphatic rings. The van der Waals surface area contributed by atoms with E-state index in [2.05, 4.69) is 37.1 Å². The number of carboxylic acid groups (broad SMARTS) is 1. The van der Waals surface area contributed by atoms with Gasteiger partial charge in [0.25, 0.3) is 5.82 Å². The lowest BCUT2D eigenvalue weighted by atomic mass is 9.98. The average Bonchev–Trinajstić information content (AvgIpc) is 3.53. The van der Waals surface area contributed by atoms with Gasteiger partial charge in [0.05, 0.1) is 0 Å². The second-order valence-corrected chi connectivity index (χ2v) is 8.95. The van der Waals surface area contributed by atoms with E-state index in [1.165, 1.54) is 11.8 Å². The highest BCUT2D eigenvalue weighted by Gasteiger charge is 2.43. The molecular weight excluding hydrogens is 458 g/mol. The number of carbonyl (C=O) groups excluding carboxylic acids is 1. The molecule has 3 heterocycles. The van der Waals surface area contributed by atoms with Gasteiger partial charge in [-0.15, -0.1) is 10.2 Å². The molecule has 10 nitrogen and oxygen atoms in total. The van der Waals surface area contributed by atoms with Gasteiger partial charge in [-0.3, -0.25) is 4.79 Å². The Balaban J connectivity index is 1.51. The van der Waals surface area contributed by atoms with E-state index in [1.807, 2.05) is 48.5 Å². The molecule has 10 heteroatoms. The molecule has 36 heavy (non-hydrogen) atoms. The van der Waals surface area contributed by atoms with Crippen molar-refractivity contribution < 1.29 is 19.3 Å². The highest BCUT2D eigenvalue weighted by Crippen LogP contribution is 2.31. The molecule has 0 saturated carbocycles. The Kier molecular flexibility index (Phi) is 6.32. The van der Waals surface area contributed by atoms with E-state index in [9.17, 15) is 14.7 Å². The topological polar surface area (TPSA) is 132 Å². The molecule has 2 aromatic carbocycles. The number of aromatic nitrogens is 6. The van der Waals surface area contributed by atoms with Crippen LogP contribution < -0.4 is 4.57 Å². The van der Waals surface area contributed by atoms with Gasteiger partial charge >= 0.3 is 5.97 Å². The predicted octanol–water partition coefficient (Wildman–Crippen LogP) is 2.68. The number of nitrogens with zero attached hydrogens (tertiary/aromatic N) is 5. The number of carboxylic acids is 1. The molecule has 1 atom stereocenters. The summed E-state index contributed by atoms with van der Waals surface area (Å²) in [5.41, 5.74) is 5.48. The van der Waals surface area contributed by atoms with Crippen LogP contribution in [0.3, 0.4) is 0 Å². The molecule has 184 valence electrons. The third-order valence-corrected chi connectivity index (χ3v) is 6.64. The van der Waals surface area contributed by atoms with Gasteiger partial charge in [-0.05, 0) is 28.3 Å². The van der Waals surface area contributed by atoms with Crippen molar-refractivity contribution in [1.82, 2.24) is 30.5 Å². The lowest BCUT2D eigenvalue weighted by Crippen LogP contribution is -2.50. The number of aryl methyl sites for hydroxylation is 1. The van der Waals surface area contributed by atoms with E-state index in [0.717, 1.165) is 46.6 Å². The number of hydrogen-bond acceptors (Lipinski definition) is 5. The molecule has 1 amide bonds. The summed E-state index contributed by atoms with van der Waals surface area (Å²) in [5, 5.41) is 24.5. The van der Waals surface area contributed by atoms with Gasteiger partial charge in [0.2, 0.25) is 11.7 Å². The highest BCUT2D eigenvalue weighted by molar-refractivity contribution is 5.83. The Morgan fingerprint density at radius 1 is 1.14 bits per heavy atom. The average molecular weight is 487 g/mol. The second-order valence-electron chi connectivity index (χ2n) is 8.95. The SMILES string of the molecule is CCCc1[nH]c2c([n+]1Cc1ccc(-c3ccccc3-c3nn[nH]n3)cc1)C(C(=O)O)N(C(C)=O)CC2. The number of carbonyl (C=O) groups is 2. The van der Waals surface area contributed by atoms with Crippen molar-refractivity contribution in [1.29, 1.82) is 0 Å². The number of aromatic amines is 2. The van der Waals surface area contributed by atoms with Crippen LogP contribution in [0.1, 0.15) is 49.1 Å². The van der Waals surface area contributed by atoms with E-state index >= 15 is 0 Å². The zero-order valence-corrected chi connectivity index (χ0v) is 20.2. The van der Waals surface area contributed by atoms with E-state index in [4.69, 9.17) is 0 Å². The van der Waals surface area contributed by atoms with Crippen molar-refractivity contribution in [3.8, 4) is 22.5 Å². The Labute approximate surface area is 208 Å². The largest absolute Gasteiger partial charge is 0.479 e. The number of aliphatic carboxylic acids is 1. The molecular formula is C26H28N7O3+. The van der Waals surface area contributed by atoms with Gasteiger partial charge in [0.15, 0.2) is 11.7 Å². The molecule has 4 aromatic rings. The van der Waals surface area contributed by atoms with Crippen LogP contribution in [0.25, 0.3) is 22.5 Å². The van der Waals surface area contributed by atoms with Crippen molar-refractivity contribution in [2.24, 2.45) is 0 Å². The van der Waals surface area contributed by atoms with Crippen LogP contribution in [0.2, 0.25) is 0 Å². The molecule has 3 N–H and O–H groups in total. The Bertz CT molecular complexity index is 1390. The molecule has 0 spiro atoms. The first-order chi connectivity index (χ1) is 17.5. The maximum atomic E-state index is 12.3. The van der Waals surface area contributed by atoms with Crippen LogP contribution >= 0.6 is 0 Å². The lowest BCUT2D eigenvalue weighted by Gasteiger charge is -2.30. The summed E-state index contributed by atoms with van der Waals surface area (Å²) < 4.78 is 2.05. The standard InChI is InChI=1S/C26H27N7O3/c1-3-6-22-27-21-13-14-32(16(2)34)24(26(35)36)23(21)33(22)15-17-9-11-18(12-10-17)19-7-4-5-8-20(19)25-28-30-31-29-25/h4-5,7-12,24H,3,6,13-15H2,1-2H3,(H2,28,29,30,31,35,36)/p+1. The van der Waals surface area contributed by atoms with Crippen LogP contribution in [0.15, 0.2) is 48.5 Å². The lowest BCUT2D eigenvalue weighted by molar-refractivity contribution is -0.703. The minimum Gasteiger partial charge on any atom is -0.479 e. The van der Waals surface area contributed by atoms with Gasteiger partial charge in [-0.2, -0.15) is 5.21 Å². The fraction of sp³-hybridized carbons (Fsp3) is 0.308. The Morgan fingerprint density at radius 2 is 1.89 bits per heavy atom. The van der Waals surface area contributed by atoms with Gasteiger partial charge in [-0.1, -0.05) is 55.5 Å². The molecule has 0 saturated heterocycles. The minimum atomic E-state index is -1.02. The van der Waals surface area contributed by atoms with Crippen LogP contribution in [0, 0.1) is 0 Å². The van der Waals surface area contributed by atoms with Crippen LogP contribution in [0.5, 0.6) is 0 Å². The van der Waals surface area contributed by atoms with E-state index in [1.54, 1.807) is 0 Å². The summed E-state index contributed by atoms with van der Waals surface area (Å²) in [4.78, 5) is 29.4. The maximum Gasteiger partial charge on any atom is 0.335 e. The molecule has 1 aliphatic heterocycles. The third-order valence-electron chi connectivity index (χ3n) is 6.64. The number of H-pyrrole nitrogens is 2. The van der Waals surface area contributed by atoms with E-state index in [-0.39, 0.29) is 5.91 Å². The molecule has 2 aromatic heterocycles. The summed E-state index contributed by atoms with van der Waals surface area (Å²) in [7, 11) is 0. The highest BCUT2D eigenvalue weighted by atomic mass is 16.4. The van der Waals surface area contributed by atoms with Gasteiger partial charge < -0.3 is 10.0 Å². The molecule has 1 unspecified atom stereocenters. The van der Waals surface area contributed by atoms with Gasteiger partial charge in [0, 0.05) is 31.9 Å². The normalized spacial score (nSPS) is 15.1. The number of tetrazole rings is 1. The predicted molar refractivity (Wildman–Crippen MR) is 131 cm³/mol. The molecule has 0 bridgehead atoms. The monoisotopic (exact) mass is 486 g/mol. The maximum absolute atomic E-state index is 12.3. The number of nitrogens with one attached hydrogen (secondary N) is 2. The van der Waals surface area contributed by atoms with E-state index < -0.39 is 12.0 Å². The second kappa shape index (κ2) is 9.73. The molecule has 0 aliphatic carbocycles. The van der Waals surface area contributed by atoms with Crippen molar-refractivity contribution in [3.63, 3.8) is 0 Å². The van der Waals surface area contributed by atoms with Crippen LogP contribution in [0.4, 0.5) is 0 Å².